The Labute approximate surface area is 111 Å². The van der Waals surface area contributed by atoms with Crippen molar-refractivity contribution in [2.45, 2.75) is 12.3 Å². The summed E-state index contributed by atoms with van der Waals surface area (Å²) in [5.74, 6) is 1.03. The quantitative estimate of drug-likeness (QED) is 0.777. The first kappa shape index (κ1) is 11.6. The van der Waals surface area contributed by atoms with Gasteiger partial charge in [-0.1, -0.05) is 41.9 Å². The molecule has 1 aliphatic rings. The Kier molecular flexibility index (Phi) is 3.26. The van der Waals surface area contributed by atoms with E-state index < -0.39 is 0 Å². The number of hydrogen-bond donors (Lipinski definition) is 0. The summed E-state index contributed by atoms with van der Waals surface area (Å²) in [5, 5.41) is 0.491. The monoisotopic (exact) mass is 260 g/mol. The van der Waals surface area contributed by atoms with Gasteiger partial charge in [0.1, 0.15) is 5.15 Å². The molecule has 18 heavy (non-hydrogen) atoms. The van der Waals surface area contributed by atoms with E-state index in [0.29, 0.717) is 16.9 Å². The van der Waals surface area contributed by atoms with Crippen LogP contribution in [0.2, 0.25) is 5.15 Å². The van der Waals surface area contributed by atoms with Gasteiger partial charge in [-0.25, -0.2) is 9.97 Å². The molecule has 0 saturated carbocycles. The molecular weight excluding hydrogens is 248 g/mol. The first-order chi connectivity index (χ1) is 8.83. The summed E-state index contributed by atoms with van der Waals surface area (Å²) < 4.78 is 5.39. The van der Waals surface area contributed by atoms with Crippen molar-refractivity contribution in [1.29, 1.82) is 0 Å². The lowest BCUT2D eigenvalue weighted by molar-refractivity contribution is 0.193. The largest absolute Gasteiger partial charge is 0.381 e. The van der Waals surface area contributed by atoms with E-state index in [1.807, 2.05) is 36.4 Å². The first-order valence-electron chi connectivity index (χ1n) is 6.00. The number of benzene rings is 1. The molecule has 2 aromatic rings. The number of ether oxygens (including phenoxy) is 1. The van der Waals surface area contributed by atoms with Crippen molar-refractivity contribution in [2.24, 2.45) is 0 Å². The molecule has 1 atom stereocenters. The van der Waals surface area contributed by atoms with E-state index in [1.165, 1.54) is 0 Å². The van der Waals surface area contributed by atoms with Crippen LogP contribution in [0.3, 0.4) is 0 Å². The minimum atomic E-state index is 0.341. The Bertz CT molecular complexity index is 539. The molecule has 1 fully saturated rings. The highest BCUT2D eigenvalue weighted by Gasteiger charge is 2.20. The molecule has 0 spiro atoms. The van der Waals surface area contributed by atoms with Gasteiger partial charge in [0.15, 0.2) is 5.82 Å². The Morgan fingerprint density at radius 1 is 1.17 bits per heavy atom. The summed E-state index contributed by atoms with van der Waals surface area (Å²) in [4.78, 5) is 8.90. The molecule has 1 aliphatic heterocycles. The second-order valence-corrected chi connectivity index (χ2v) is 4.75. The van der Waals surface area contributed by atoms with E-state index in [2.05, 4.69) is 9.97 Å². The van der Waals surface area contributed by atoms with E-state index in [0.717, 1.165) is 30.9 Å². The van der Waals surface area contributed by atoms with Gasteiger partial charge in [-0.2, -0.15) is 0 Å². The van der Waals surface area contributed by atoms with E-state index in [4.69, 9.17) is 16.3 Å². The molecule has 1 aromatic heterocycles. The van der Waals surface area contributed by atoms with Crippen molar-refractivity contribution >= 4 is 11.6 Å². The summed E-state index contributed by atoms with van der Waals surface area (Å²) in [6.07, 6.45) is 1.00. The van der Waals surface area contributed by atoms with Crippen LogP contribution >= 0.6 is 11.6 Å². The summed E-state index contributed by atoms with van der Waals surface area (Å²) >= 11 is 6.09. The predicted octanol–water partition coefficient (Wildman–Crippen LogP) is 3.30. The van der Waals surface area contributed by atoms with Crippen LogP contribution in [-0.2, 0) is 4.74 Å². The molecule has 0 amide bonds. The van der Waals surface area contributed by atoms with Gasteiger partial charge in [0.25, 0.3) is 0 Å². The fraction of sp³-hybridized carbons (Fsp3) is 0.286. The van der Waals surface area contributed by atoms with Crippen LogP contribution in [0.25, 0.3) is 11.4 Å². The number of aromatic nitrogens is 2. The second-order valence-electron chi connectivity index (χ2n) is 4.37. The zero-order chi connectivity index (χ0) is 12.4. The predicted molar refractivity (Wildman–Crippen MR) is 70.7 cm³/mol. The third kappa shape index (κ3) is 2.37. The average Bonchev–Trinajstić information content (AvgIpc) is 2.93. The molecule has 0 unspecified atom stereocenters. The van der Waals surface area contributed by atoms with Gasteiger partial charge in [-0.05, 0) is 12.5 Å². The number of halogens is 1. The van der Waals surface area contributed by atoms with Gasteiger partial charge in [0.05, 0.1) is 12.3 Å². The molecule has 92 valence electrons. The summed E-state index contributed by atoms with van der Waals surface area (Å²) in [5.41, 5.74) is 1.96. The van der Waals surface area contributed by atoms with Crippen molar-refractivity contribution < 1.29 is 4.74 Å². The topological polar surface area (TPSA) is 35.0 Å². The molecule has 0 radical (unpaired) electrons. The molecule has 0 bridgehead atoms. The maximum Gasteiger partial charge on any atom is 0.161 e. The van der Waals surface area contributed by atoms with Gasteiger partial charge < -0.3 is 4.74 Å². The zero-order valence-corrected chi connectivity index (χ0v) is 10.6. The van der Waals surface area contributed by atoms with Gasteiger partial charge in [-0.3, -0.25) is 0 Å². The lowest BCUT2D eigenvalue weighted by Crippen LogP contribution is -2.03. The van der Waals surface area contributed by atoms with Crippen molar-refractivity contribution in [3.63, 3.8) is 0 Å². The molecule has 3 nitrogen and oxygen atoms in total. The van der Waals surface area contributed by atoms with E-state index in [-0.39, 0.29) is 0 Å². The summed E-state index contributed by atoms with van der Waals surface area (Å²) in [7, 11) is 0. The maximum absolute atomic E-state index is 6.09. The van der Waals surface area contributed by atoms with Crippen LogP contribution in [0.15, 0.2) is 36.4 Å². The molecule has 3 rings (SSSR count). The van der Waals surface area contributed by atoms with Crippen LogP contribution < -0.4 is 0 Å². The summed E-state index contributed by atoms with van der Waals surface area (Å²) in [6, 6.07) is 11.7. The molecule has 4 heteroatoms. The van der Waals surface area contributed by atoms with Crippen molar-refractivity contribution in [3.8, 4) is 11.4 Å². The summed E-state index contributed by atoms with van der Waals surface area (Å²) in [6.45, 7) is 1.52. The molecule has 0 aliphatic carbocycles. The van der Waals surface area contributed by atoms with Crippen LogP contribution in [0.5, 0.6) is 0 Å². The molecule has 1 aromatic carbocycles. The second kappa shape index (κ2) is 5.04. The standard InChI is InChI=1S/C14H13ClN2O/c15-13-8-12(11-6-7-18-9-11)16-14(17-13)10-4-2-1-3-5-10/h1-5,8,11H,6-7,9H2/t11-/m0/s1. The Hall–Kier alpha value is -1.45. The third-order valence-corrected chi connectivity index (χ3v) is 3.29. The first-order valence-corrected chi connectivity index (χ1v) is 6.38. The van der Waals surface area contributed by atoms with Gasteiger partial charge in [0, 0.05) is 18.1 Å². The van der Waals surface area contributed by atoms with Crippen LogP contribution in [-0.4, -0.2) is 23.2 Å². The smallest absolute Gasteiger partial charge is 0.161 e. The minimum Gasteiger partial charge on any atom is -0.381 e. The normalized spacial score (nSPS) is 19.1. The van der Waals surface area contributed by atoms with Crippen LogP contribution in [0.4, 0.5) is 0 Å². The van der Waals surface area contributed by atoms with Crippen LogP contribution in [0, 0.1) is 0 Å². The number of nitrogens with zero attached hydrogens (tertiary/aromatic N) is 2. The highest BCUT2D eigenvalue weighted by molar-refractivity contribution is 6.29. The Morgan fingerprint density at radius 3 is 2.72 bits per heavy atom. The van der Waals surface area contributed by atoms with Crippen LogP contribution in [0.1, 0.15) is 18.0 Å². The van der Waals surface area contributed by atoms with E-state index >= 15 is 0 Å². The van der Waals surface area contributed by atoms with Crippen molar-refractivity contribution in [2.75, 3.05) is 13.2 Å². The molecule has 0 N–H and O–H groups in total. The van der Waals surface area contributed by atoms with Gasteiger partial charge in [-0.15, -0.1) is 0 Å². The SMILES string of the molecule is Clc1cc([C@H]2CCOC2)nc(-c2ccccc2)n1. The molecular formula is C14H13ClN2O. The molecule has 1 saturated heterocycles. The third-order valence-electron chi connectivity index (χ3n) is 3.09. The molecule has 2 heterocycles. The lowest BCUT2D eigenvalue weighted by Gasteiger charge is -2.09. The minimum absolute atomic E-state index is 0.341. The fourth-order valence-corrected chi connectivity index (χ4v) is 2.32. The maximum atomic E-state index is 6.09. The number of hydrogen-bond acceptors (Lipinski definition) is 3. The highest BCUT2D eigenvalue weighted by Crippen LogP contribution is 2.27. The highest BCUT2D eigenvalue weighted by atomic mass is 35.5. The Morgan fingerprint density at radius 2 is 2.00 bits per heavy atom. The van der Waals surface area contributed by atoms with Gasteiger partial charge >= 0.3 is 0 Å². The van der Waals surface area contributed by atoms with E-state index in [1.54, 1.807) is 0 Å². The fourth-order valence-electron chi connectivity index (χ4n) is 2.13. The number of rotatable bonds is 2. The lowest BCUT2D eigenvalue weighted by atomic mass is 10.0. The zero-order valence-electron chi connectivity index (χ0n) is 9.84. The van der Waals surface area contributed by atoms with E-state index in [9.17, 15) is 0 Å². The average molecular weight is 261 g/mol. The van der Waals surface area contributed by atoms with Crippen molar-refractivity contribution in [3.05, 3.63) is 47.2 Å². The van der Waals surface area contributed by atoms with Crippen molar-refractivity contribution in [1.82, 2.24) is 9.97 Å². The Balaban J connectivity index is 2.00. The van der Waals surface area contributed by atoms with Gasteiger partial charge in [0.2, 0.25) is 0 Å².